The van der Waals surface area contributed by atoms with Gasteiger partial charge in [0.25, 0.3) is 5.91 Å². The van der Waals surface area contributed by atoms with Crippen molar-refractivity contribution in [3.8, 4) is 5.75 Å². The number of aryl methyl sites for hydroxylation is 1. The van der Waals surface area contributed by atoms with Gasteiger partial charge < -0.3 is 14.6 Å². The van der Waals surface area contributed by atoms with Gasteiger partial charge >= 0.3 is 0 Å². The van der Waals surface area contributed by atoms with Crippen LogP contribution in [0.2, 0.25) is 0 Å². The highest BCUT2D eigenvalue weighted by molar-refractivity contribution is 7.99. The number of carbonyl (C=O) groups excluding carboxylic acids is 1. The summed E-state index contributed by atoms with van der Waals surface area (Å²) < 4.78 is 1.96. The highest BCUT2D eigenvalue weighted by atomic mass is 32.2. The van der Waals surface area contributed by atoms with Crippen molar-refractivity contribution in [2.45, 2.75) is 19.0 Å². The Morgan fingerprint density at radius 3 is 2.72 bits per heavy atom. The normalized spacial score (nSPS) is 11.3. The van der Waals surface area contributed by atoms with Crippen LogP contribution in [0.15, 0.2) is 52.7 Å². The summed E-state index contributed by atoms with van der Waals surface area (Å²) >= 11 is 1.35. The Morgan fingerprint density at radius 2 is 2.03 bits per heavy atom. The van der Waals surface area contributed by atoms with Gasteiger partial charge in [0.2, 0.25) is 0 Å². The third kappa shape index (κ3) is 4.89. The van der Waals surface area contributed by atoms with Crippen LogP contribution in [0.5, 0.6) is 5.75 Å². The second-order valence-electron chi connectivity index (χ2n) is 6.44. The van der Waals surface area contributed by atoms with Crippen LogP contribution in [0.1, 0.15) is 19.4 Å². The first-order chi connectivity index (χ1) is 14.0. The summed E-state index contributed by atoms with van der Waals surface area (Å²) in [6.45, 7) is 5.86. The number of aromatic hydroxyl groups is 1. The smallest absolute Gasteiger partial charge is 0.250 e. The van der Waals surface area contributed by atoms with Gasteiger partial charge in [-0.15, -0.1) is 0 Å². The van der Waals surface area contributed by atoms with Gasteiger partial charge in [-0.05, 0) is 38.1 Å². The van der Waals surface area contributed by atoms with E-state index in [1.165, 1.54) is 18.0 Å². The van der Waals surface area contributed by atoms with E-state index in [0.29, 0.717) is 5.56 Å². The zero-order valence-electron chi connectivity index (χ0n) is 16.8. The molecule has 2 N–H and O–H groups in total. The third-order valence-electron chi connectivity index (χ3n) is 4.61. The first kappa shape index (κ1) is 20.7. The molecule has 0 atom stereocenters. The van der Waals surface area contributed by atoms with E-state index in [-0.39, 0.29) is 17.4 Å². The SMILES string of the molecule is CCN(CC)c1ccc(/C=N/NC(=O)CSc2nc3ccccc3n2C)c(O)c1. The molecule has 0 aliphatic rings. The van der Waals surface area contributed by atoms with Crippen LogP contribution in [-0.2, 0) is 11.8 Å². The molecule has 2 aromatic carbocycles. The first-order valence-electron chi connectivity index (χ1n) is 9.47. The number of fused-ring (bicyclic) bond motifs is 1. The molecule has 0 spiro atoms. The largest absolute Gasteiger partial charge is 0.507 e. The summed E-state index contributed by atoms with van der Waals surface area (Å²) in [6, 6.07) is 13.3. The number of hydrogen-bond acceptors (Lipinski definition) is 6. The molecular weight excluding hydrogens is 386 g/mol. The van der Waals surface area contributed by atoms with Crippen molar-refractivity contribution in [2.75, 3.05) is 23.7 Å². The van der Waals surface area contributed by atoms with Crippen LogP contribution in [0, 0.1) is 0 Å². The molecule has 0 aliphatic carbocycles. The molecule has 1 amide bonds. The number of carbonyl (C=O) groups is 1. The number of phenolic OH excluding ortho intramolecular Hbond substituents is 1. The van der Waals surface area contributed by atoms with Crippen LogP contribution < -0.4 is 10.3 Å². The lowest BCUT2D eigenvalue weighted by Crippen LogP contribution is -2.21. The molecule has 0 bridgehead atoms. The van der Waals surface area contributed by atoms with E-state index in [1.54, 1.807) is 12.1 Å². The molecule has 0 saturated heterocycles. The molecule has 0 aliphatic heterocycles. The topological polar surface area (TPSA) is 82.8 Å². The van der Waals surface area contributed by atoms with Crippen molar-refractivity contribution < 1.29 is 9.90 Å². The standard InChI is InChI=1S/C21H25N5O2S/c1-4-26(5-2)16-11-10-15(19(27)12-16)13-22-24-20(28)14-29-21-23-17-8-6-7-9-18(17)25(21)3/h6-13,27H,4-5,14H2,1-3H3,(H,24,28)/b22-13+. The number of rotatable bonds is 8. The molecule has 8 heteroatoms. The van der Waals surface area contributed by atoms with E-state index >= 15 is 0 Å². The Labute approximate surface area is 174 Å². The zero-order valence-corrected chi connectivity index (χ0v) is 17.6. The number of phenols is 1. The van der Waals surface area contributed by atoms with E-state index in [1.807, 2.05) is 41.9 Å². The zero-order chi connectivity index (χ0) is 20.8. The van der Waals surface area contributed by atoms with Gasteiger partial charge in [0.15, 0.2) is 5.16 Å². The third-order valence-corrected chi connectivity index (χ3v) is 5.64. The van der Waals surface area contributed by atoms with Crippen LogP contribution in [-0.4, -0.2) is 45.6 Å². The summed E-state index contributed by atoms with van der Waals surface area (Å²) in [5.41, 5.74) is 5.92. The van der Waals surface area contributed by atoms with Crippen molar-refractivity contribution >= 4 is 40.6 Å². The maximum atomic E-state index is 12.1. The van der Waals surface area contributed by atoms with Gasteiger partial charge in [0, 0.05) is 37.5 Å². The monoisotopic (exact) mass is 411 g/mol. The number of imidazole rings is 1. The second kappa shape index (κ2) is 9.47. The fourth-order valence-corrected chi connectivity index (χ4v) is 3.80. The van der Waals surface area contributed by atoms with E-state index in [0.717, 1.165) is 35.0 Å². The van der Waals surface area contributed by atoms with Crippen molar-refractivity contribution in [1.82, 2.24) is 15.0 Å². The predicted octanol–water partition coefficient (Wildman–Crippen LogP) is 3.37. The second-order valence-corrected chi connectivity index (χ2v) is 7.38. The summed E-state index contributed by atoms with van der Waals surface area (Å²) in [7, 11) is 1.93. The maximum absolute atomic E-state index is 12.1. The molecule has 3 aromatic rings. The number of anilines is 1. The molecule has 3 rings (SSSR count). The highest BCUT2D eigenvalue weighted by Gasteiger charge is 2.10. The van der Waals surface area contributed by atoms with E-state index in [9.17, 15) is 9.90 Å². The van der Waals surface area contributed by atoms with E-state index < -0.39 is 0 Å². The molecule has 0 unspecified atom stereocenters. The van der Waals surface area contributed by atoms with Crippen LogP contribution >= 0.6 is 11.8 Å². The van der Waals surface area contributed by atoms with E-state index in [4.69, 9.17) is 0 Å². The molecule has 29 heavy (non-hydrogen) atoms. The summed E-state index contributed by atoms with van der Waals surface area (Å²) in [5, 5.41) is 14.9. The number of nitrogens with zero attached hydrogens (tertiary/aromatic N) is 4. The molecule has 0 radical (unpaired) electrons. The molecule has 7 nitrogen and oxygen atoms in total. The number of benzene rings is 2. The number of amides is 1. The van der Waals surface area contributed by atoms with Gasteiger partial charge in [-0.1, -0.05) is 23.9 Å². The predicted molar refractivity (Wildman–Crippen MR) is 119 cm³/mol. The van der Waals surface area contributed by atoms with Crippen molar-refractivity contribution in [1.29, 1.82) is 0 Å². The minimum absolute atomic E-state index is 0.126. The fourth-order valence-electron chi connectivity index (χ4n) is 3.02. The van der Waals surface area contributed by atoms with Gasteiger partial charge in [-0.2, -0.15) is 5.10 Å². The van der Waals surface area contributed by atoms with Gasteiger partial charge in [-0.25, -0.2) is 10.4 Å². The lowest BCUT2D eigenvalue weighted by Gasteiger charge is -2.21. The molecule has 1 heterocycles. The highest BCUT2D eigenvalue weighted by Crippen LogP contribution is 2.24. The number of nitrogens with one attached hydrogen (secondary N) is 1. The number of thioether (sulfide) groups is 1. The Hall–Kier alpha value is -3.00. The Bertz CT molecular complexity index is 1030. The maximum Gasteiger partial charge on any atom is 0.250 e. The first-order valence-corrected chi connectivity index (χ1v) is 10.5. The van der Waals surface area contributed by atoms with Crippen LogP contribution in [0.25, 0.3) is 11.0 Å². The Morgan fingerprint density at radius 1 is 1.28 bits per heavy atom. The number of hydrazone groups is 1. The lowest BCUT2D eigenvalue weighted by molar-refractivity contribution is -0.118. The van der Waals surface area contributed by atoms with E-state index in [2.05, 4.69) is 34.3 Å². The quantitative estimate of drug-likeness (QED) is 0.337. The Kier molecular flexibility index (Phi) is 6.77. The minimum atomic E-state index is -0.238. The minimum Gasteiger partial charge on any atom is -0.507 e. The van der Waals surface area contributed by atoms with Crippen molar-refractivity contribution in [3.63, 3.8) is 0 Å². The summed E-state index contributed by atoms with van der Waals surface area (Å²) in [4.78, 5) is 18.8. The lowest BCUT2D eigenvalue weighted by atomic mass is 10.2. The average Bonchev–Trinajstić information content (AvgIpc) is 3.05. The van der Waals surface area contributed by atoms with Gasteiger partial charge in [0.1, 0.15) is 5.75 Å². The molecule has 152 valence electrons. The van der Waals surface area contributed by atoms with Crippen molar-refractivity contribution in [2.24, 2.45) is 12.1 Å². The van der Waals surface area contributed by atoms with Gasteiger partial charge in [0.05, 0.1) is 23.0 Å². The summed E-state index contributed by atoms with van der Waals surface area (Å²) in [5.74, 6) is 0.0838. The van der Waals surface area contributed by atoms with Crippen LogP contribution in [0.3, 0.4) is 0 Å². The number of aromatic nitrogens is 2. The van der Waals surface area contributed by atoms with Crippen molar-refractivity contribution in [3.05, 3.63) is 48.0 Å². The molecule has 0 fully saturated rings. The van der Waals surface area contributed by atoms with Gasteiger partial charge in [-0.3, -0.25) is 4.79 Å². The number of hydrogen-bond donors (Lipinski definition) is 2. The molecular formula is C21H25N5O2S. The number of para-hydroxylation sites is 2. The molecule has 1 aromatic heterocycles. The fraction of sp³-hybridized carbons (Fsp3) is 0.286. The van der Waals surface area contributed by atoms with Crippen LogP contribution in [0.4, 0.5) is 5.69 Å². The molecule has 0 saturated carbocycles. The summed E-state index contributed by atoms with van der Waals surface area (Å²) in [6.07, 6.45) is 1.44. The average molecular weight is 412 g/mol. The Balaban J connectivity index is 1.56.